The van der Waals surface area contributed by atoms with Gasteiger partial charge in [0.1, 0.15) is 5.69 Å². The number of nitrogen functional groups attached to an aromatic ring is 1. The normalized spacial score (nSPS) is 10.5. The first-order valence-electron chi connectivity index (χ1n) is 4.62. The van der Waals surface area contributed by atoms with Crippen LogP contribution in [0.5, 0.6) is 0 Å². The molecule has 0 saturated heterocycles. The second-order valence-electron chi connectivity index (χ2n) is 3.28. The van der Waals surface area contributed by atoms with Gasteiger partial charge in [-0.1, -0.05) is 0 Å². The van der Waals surface area contributed by atoms with Crippen molar-refractivity contribution in [3.8, 4) is 0 Å². The fourth-order valence-electron chi connectivity index (χ4n) is 1.32. The SMILES string of the molecule is COCCCn1c(=O)c(N)cn(C)c1=O. The molecule has 1 aromatic rings. The van der Waals surface area contributed by atoms with Crippen molar-refractivity contribution in [3.63, 3.8) is 0 Å². The van der Waals surface area contributed by atoms with Crippen LogP contribution in [0, 0.1) is 0 Å². The molecule has 6 nitrogen and oxygen atoms in total. The summed E-state index contributed by atoms with van der Waals surface area (Å²) in [6.07, 6.45) is 1.94. The molecule has 1 rings (SSSR count). The van der Waals surface area contributed by atoms with E-state index in [1.54, 1.807) is 14.2 Å². The number of anilines is 1. The minimum atomic E-state index is -0.436. The quantitative estimate of drug-likeness (QED) is 0.662. The largest absolute Gasteiger partial charge is 0.393 e. The lowest BCUT2D eigenvalue weighted by Gasteiger charge is -2.07. The highest BCUT2D eigenvalue weighted by atomic mass is 16.5. The molecule has 84 valence electrons. The molecule has 6 heteroatoms. The number of nitrogens with two attached hydrogens (primary N) is 1. The molecular formula is C9H15N3O3. The third-order valence-electron chi connectivity index (χ3n) is 2.09. The first-order chi connectivity index (χ1) is 7.07. The number of aromatic nitrogens is 2. The summed E-state index contributed by atoms with van der Waals surface area (Å²) in [5.74, 6) is 0. The maximum atomic E-state index is 11.6. The molecule has 0 bridgehead atoms. The summed E-state index contributed by atoms with van der Waals surface area (Å²) in [5.41, 5.74) is 4.76. The zero-order chi connectivity index (χ0) is 11.4. The Morgan fingerprint density at radius 2 is 2.13 bits per heavy atom. The topological polar surface area (TPSA) is 79.2 Å². The Balaban J connectivity index is 3.05. The molecule has 0 fully saturated rings. The zero-order valence-corrected chi connectivity index (χ0v) is 8.90. The molecular weight excluding hydrogens is 198 g/mol. The maximum Gasteiger partial charge on any atom is 0.330 e. The van der Waals surface area contributed by atoms with Crippen LogP contribution in [0.4, 0.5) is 5.69 Å². The number of hydrogen-bond acceptors (Lipinski definition) is 4. The Labute approximate surface area is 86.9 Å². The molecule has 0 radical (unpaired) electrons. The van der Waals surface area contributed by atoms with E-state index in [9.17, 15) is 9.59 Å². The molecule has 0 amide bonds. The van der Waals surface area contributed by atoms with Crippen LogP contribution >= 0.6 is 0 Å². The number of rotatable bonds is 4. The average Bonchev–Trinajstić information content (AvgIpc) is 2.20. The Hall–Kier alpha value is -1.56. The van der Waals surface area contributed by atoms with E-state index in [0.717, 1.165) is 4.57 Å². The van der Waals surface area contributed by atoms with Crippen molar-refractivity contribution in [3.05, 3.63) is 27.0 Å². The fraction of sp³-hybridized carbons (Fsp3) is 0.556. The molecule has 15 heavy (non-hydrogen) atoms. The van der Waals surface area contributed by atoms with Crippen LogP contribution in [0.3, 0.4) is 0 Å². The van der Waals surface area contributed by atoms with E-state index >= 15 is 0 Å². The second-order valence-corrected chi connectivity index (χ2v) is 3.28. The predicted octanol–water partition coefficient (Wildman–Crippen LogP) is -0.834. The van der Waals surface area contributed by atoms with Gasteiger partial charge in [-0.25, -0.2) is 4.79 Å². The summed E-state index contributed by atoms with van der Waals surface area (Å²) in [5, 5.41) is 0. The monoisotopic (exact) mass is 213 g/mol. The lowest BCUT2D eigenvalue weighted by molar-refractivity contribution is 0.189. The minimum Gasteiger partial charge on any atom is -0.393 e. The van der Waals surface area contributed by atoms with Crippen molar-refractivity contribution in [2.75, 3.05) is 19.5 Å². The first kappa shape index (κ1) is 11.5. The molecule has 0 saturated carbocycles. The molecule has 2 N–H and O–H groups in total. The highest BCUT2D eigenvalue weighted by Crippen LogP contribution is 1.89. The maximum absolute atomic E-state index is 11.6. The number of nitrogens with zero attached hydrogens (tertiary/aromatic N) is 2. The van der Waals surface area contributed by atoms with Crippen LogP contribution < -0.4 is 17.0 Å². The average molecular weight is 213 g/mol. The fourth-order valence-corrected chi connectivity index (χ4v) is 1.32. The molecule has 0 atom stereocenters. The molecule has 0 aromatic carbocycles. The van der Waals surface area contributed by atoms with E-state index in [1.165, 1.54) is 10.8 Å². The van der Waals surface area contributed by atoms with E-state index in [4.69, 9.17) is 10.5 Å². The van der Waals surface area contributed by atoms with Crippen molar-refractivity contribution in [2.45, 2.75) is 13.0 Å². The summed E-state index contributed by atoms with van der Waals surface area (Å²) in [4.78, 5) is 23.1. The lowest BCUT2D eigenvalue weighted by atomic mass is 10.4. The van der Waals surface area contributed by atoms with E-state index in [-0.39, 0.29) is 11.4 Å². The molecule has 1 aromatic heterocycles. The van der Waals surface area contributed by atoms with E-state index in [0.29, 0.717) is 19.6 Å². The van der Waals surface area contributed by atoms with E-state index in [2.05, 4.69) is 0 Å². The Kier molecular flexibility index (Phi) is 3.68. The van der Waals surface area contributed by atoms with Crippen LogP contribution in [-0.4, -0.2) is 22.9 Å². The van der Waals surface area contributed by atoms with Gasteiger partial charge >= 0.3 is 5.69 Å². The van der Waals surface area contributed by atoms with Crippen LogP contribution in [-0.2, 0) is 18.3 Å². The summed E-state index contributed by atoms with van der Waals surface area (Å²) in [6.45, 7) is 0.828. The van der Waals surface area contributed by atoms with Gasteiger partial charge in [0.05, 0.1) is 0 Å². The van der Waals surface area contributed by atoms with Gasteiger partial charge in [-0.3, -0.25) is 9.36 Å². The summed E-state index contributed by atoms with van der Waals surface area (Å²) in [6, 6.07) is 0. The predicted molar refractivity (Wildman–Crippen MR) is 56.8 cm³/mol. The minimum absolute atomic E-state index is 0.0783. The van der Waals surface area contributed by atoms with Gasteiger partial charge in [0.25, 0.3) is 5.56 Å². The van der Waals surface area contributed by atoms with Gasteiger partial charge in [-0.05, 0) is 6.42 Å². The van der Waals surface area contributed by atoms with Crippen LogP contribution in [0.1, 0.15) is 6.42 Å². The van der Waals surface area contributed by atoms with Gasteiger partial charge in [0.2, 0.25) is 0 Å². The van der Waals surface area contributed by atoms with Gasteiger partial charge in [0, 0.05) is 33.5 Å². The number of hydrogen-bond donors (Lipinski definition) is 1. The molecule has 0 aliphatic carbocycles. The standard InChI is InChI=1S/C9H15N3O3/c1-11-6-7(10)8(13)12(9(11)14)4-3-5-15-2/h6H,3-5,10H2,1-2H3. The van der Waals surface area contributed by atoms with Crippen LogP contribution in [0.25, 0.3) is 0 Å². The third kappa shape index (κ3) is 2.47. The smallest absolute Gasteiger partial charge is 0.330 e. The van der Waals surface area contributed by atoms with Crippen molar-refractivity contribution < 1.29 is 4.74 Å². The lowest BCUT2D eigenvalue weighted by Crippen LogP contribution is -2.39. The highest BCUT2D eigenvalue weighted by molar-refractivity contribution is 5.30. The van der Waals surface area contributed by atoms with Crippen molar-refractivity contribution >= 4 is 5.69 Å². The first-order valence-corrected chi connectivity index (χ1v) is 4.62. The van der Waals surface area contributed by atoms with E-state index in [1.807, 2.05) is 0 Å². The van der Waals surface area contributed by atoms with Crippen LogP contribution in [0.15, 0.2) is 15.8 Å². The second kappa shape index (κ2) is 4.79. The summed E-state index contributed by atoms with van der Waals surface area (Å²) < 4.78 is 7.26. The van der Waals surface area contributed by atoms with Gasteiger partial charge in [0.15, 0.2) is 0 Å². The molecule has 0 aliphatic heterocycles. The molecule has 1 heterocycles. The highest BCUT2D eigenvalue weighted by Gasteiger charge is 2.06. The zero-order valence-electron chi connectivity index (χ0n) is 8.90. The van der Waals surface area contributed by atoms with Crippen molar-refractivity contribution in [1.82, 2.24) is 9.13 Å². The van der Waals surface area contributed by atoms with Gasteiger partial charge in [-0.15, -0.1) is 0 Å². The molecule has 0 aliphatic rings. The van der Waals surface area contributed by atoms with Gasteiger partial charge in [-0.2, -0.15) is 0 Å². The van der Waals surface area contributed by atoms with Crippen molar-refractivity contribution in [1.29, 1.82) is 0 Å². The van der Waals surface area contributed by atoms with Gasteiger partial charge < -0.3 is 15.0 Å². The molecule has 0 spiro atoms. The van der Waals surface area contributed by atoms with Crippen molar-refractivity contribution in [2.24, 2.45) is 7.05 Å². The third-order valence-corrected chi connectivity index (χ3v) is 2.09. The Bertz CT molecular complexity index is 413. The summed E-state index contributed by atoms with van der Waals surface area (Å²) >= 11 is 0. The van der Waals surface area contributed by atoms with Crippen LogP contribution in [0.2, 0.25) is 0 Å². The number of aryl methyl sites for hydroxylation is 1. The number of methoxy groups -OCH3 is 1. The summed E-state index contributed by atoms with van der Waals surface area (Å²) in [7, 11) is 3.13. The Morgan fingerprint density at radius 1 is 1.47 bits per heavy atom. The Morgan fingerprint density at radius 3 is 2.73 bits per heavy atom. The molecule has 0 unspecified atom stereocenters. The van der Waals surface area contributed by atoms with E-state index < -0.39 is 5.56 Å². The number of ether oxygens (including phenoxy) is 1.